The molecule has 0 aromatic carbocycles. The average molecular weight is 213 g/mol. The van der Waals surface area contributed by atoms with E-state index in [1.54, 1.807) is 6.20 Å². The summed E-state index contributed by atoms with van der Waals surface area (Å²) in [6.45, 7) is 1.93. The first-order valence-corrected chi connectivity index (χ1v) is 5.88. The van der Waals surface area contributed by atoms with Crippen LogP contribution in [0.1, 0.15) is 24.8 Å². The van der Waals surface area contributed by atoms with Crippen molar-refractivity contribution in [1.82, 2.24) is 9.88 Å². The van der Waals surface area contributed by atoms with Gasteiger partial charge in [0.1, 0.15) is 5.54 Å². The summed E-state index contributed by atoms with van der Waals surface area (Å²) >= 11 is 0. The minimum Gasteiger partial charge on any atom is -0.281 e. The fourth-order valence-corrected chi connectivity index (χ4v) is 3.01. The Morgan fingerprint density at radius 2 is 2.44 bits per heavy atom. The zero-order chi connectivity index (χ0) is 11.0. The molecular formula is C13H15N3. The lowest BCUT2D eigenvalue weighted by Gasteiger charge is -2.55. The van der Waals surface area contributed by atoms with E-state index in [0.29, 0.717) is 0 Å². The molecule has 0 unspecified atom stereocenters. The van der Waals surface area contributed by atoms with Crippen LogP contribution >= 0.6 is 0 Å². The molecule has 16 heavy (non-hydrogen) atoms. The highest BCUT2D eigenvalue weighted by Crippen LogP contribution is 2.48. The van der Waals surface area contributed by atoms with E-state index in [1.165, 1.54) is 12.0 Å². The first-order chi connectivity index (χ1) is 7.82. The van der Waals surface area contributed by atoms with Gasteiger partial charge >= 0.3 is 0 Å². The van der Waals surface area contributed by atoms with Gasteiger partial charge in [-0.15, -0.1) is 0 Å². The number of rotatable bonds is 2. The molecule has 0 amide bonds. The Labute approximate surface area is 95.7 Å². The smallest absolute Gasteiger partial charge is 0.110 e. The summed E-state index contributed by atoms with van der Waals surface area (Å²) in [6.07, 6.45) is 7.09. The molecule has 3 nitrogen and oxygen atoms in total. The Bertz CT molecular complexity index is 415. The lowest BCUT2D eigenvalue weighted by Crippen LogP contribution is -2.61. The molecule has 3 heterocycles. The molecule has 1 aliphatic carbocycles. The second-order valence-electron chi connectivity index (χ2n) is 4.99. The summed E-state index contributed by atoms with van der Waals surface area (Å²) in [7, 11) is 0. The molecule has 4 rings (SSSR count). The Hall–Kier alpha value is -1.40. The highest BCUT2D eigenvalue weighted by atomic mass is 15.2. The molecule has 2 aliphatic heterocycles. The van der Waals surface area contributed by atoms with Crippen molar-refractivity contribution in [3.8, 4) is 6.07 Å². The minimum atomic E-state index is -0.154. The SMILES string of the molecule is N#CC12CC(CCN1Cc1cccnc1)C2. The normalized spacial score (nSPS) is 32.8. The van der Waals surface area contributed by atoms with Crippen molar-refractivity contribution in [2.45, 2.75) is 31.3 Å². The quantitative estimate of drug-likeness (QED) is 0.754. The monoisotopic (exact) mass is 213 g/mol. The highest BCUT2D eigenvalue weighted by molar-refractivity contribution is 5.21. The van der Waals surface area contributed by atoms with Gasteiger partial charge in [-0.3, -0.25) is 9.88 Å². The van der Waals surface area contributed by atoms with E-state index in [2.05, 4.69) is 22.0 Å². The van der Waals surface area contributed by atoms with Gasteiger partial charge in [0.25, 0.3) is 0 Å². The summed E-state index contributed by atoms with van der Waals surface area (Å²) in [4.78, 5) is 6.46. The molecule has 3 fully saturated rings. The van der Waals surface area contributed by atoms with E-state index < -0.39 is 0 Å². The van der Waals surface area contributed by atoms with Gasteiger partial charge in [-0.05, 0) is 36.8 Å². The van der Waals surface area contributed by atoms with E-state index >= 15 is 0 Å². The first kappa shape index (κ1) is 9.80. The minimum absolute atomic E-state index is 0.154. The summed E-state index contributed by atoms with van der Waals surface area (Å²) in [5, 5.41) is 9.33. The maximum atomic E-state index is 9.33. The Kier molecular flexibility index (Phi) is 2.19. The van der Waals surface area contributed by atoms with Gasteiger partial charge in [-0.2, -0.15) is 5.26 Å². The van der Waals surface area contributed by atoms with Crippen LogP contribution in [0.25, 0.3) is 0 Å². The van der Waals surface area contributed by atoms with Gasteiger partial charge in [0.05, 0.1) is 6.07 Å². The van der Waals surface area contributed by atoms with Gasteiger partial charge in [-0.1, -0.05) is 6.07 Å². The molecule has 1 saturated carbocycles. The van der Waals surface area contributed by atoms with Crippen LogP contribution in [0, 0.1) is 17.2 Å². The van der Waals surface area contributed by atoms with Crippen LogP contribution in [0.2, 0.25) is 0 Å². The molecule has 0 atom stereocenters. The van der Waals surface area contributed by atoms with Gasteiger partial charge in [0.2, 0.25) is 0 Å². The van der Waals surface area contributed by atoms with Crippen LogP contribution in [0.3, 0.4) is 0 Å². The van der Waals surface area contributed by atoms with Crippen molar-refractivity contribution in [2.75, 3.05) is 6.54 Å². The van der Waals surface area contributed by atoms with Crippen LogP contribution in [0.15, 0.2) is 24.5 Å². The molecular weight excluding hydrogens is 198 g/mol. The number of fused-ring (bicyclic) bond motifs is 2. The predicted molar refractivity (Wildman–Crippen MR) is 60.3 cm³/mol. The summed E-state index contributed by atoms with van der Waals surface area (Å²) in [5.74, 6) is 0.810. The number of nitriles is 1. The fraction of sp³-hybridized carbons (Fsp3) is 0.538. The summed E-state index contributed by atoms with van der Waals surface area (Å²) in [5.41, 5.74) is 1.06. The fourth-order valence-electron chi connectivity index (χ4n) is 3.01. The molecule has 2 saturated heterocycles. The van der Waals surface area contributed by atoms with E-state index in [0.717, 1.165) is 31.8 Å². The Balaban J connectivity index is 1.77. The molecule has 0 spiro atoms. The van der Waals surface area contributed by atoms with Gasteiger partial charge < -0.3 is 0 Å². The van der Waals surface area contributed by atoms with E-state index in [-0.39, 0.29) is 5.54 Å². The Morgan fingerprint density at radius 3 is 3.12 bits per heavy atom. The second kappa shape index (κ2) is 3.57. The topological polar surface area (TPSA) is 39.9 Å². The van der Waals surface area contributed by atoms with Crippen LogP contribution in [-0.2, 0) is 6.54 Å². The second-order valence-corrected chi connectivity index (χ2v) is 4.99. The average Bonchev–Trinajstić information content (AvgIpc) is 2.29. The van der Waals surface area contributed by atoms with Gasteiger partial charge in [0.15, 0.2) is 0 Å². The van der Waals surface area contributed by atoms with Crippen LogP contribution in [0.4, 0.5) is 0 Å². The molecule has 3 aliphatic rings. The highest BCUT2D eigenvalue weighted by Gasteiger charge is 2.52. The maximum Gasteiger partial charge on any atom is 0.110 e. The molecule has 0 N–H and O–H groups in total. The first-order valence-electron chi connectivity index (χ1n) is 5.88. The number of pyridine rings is 1. The number of nitrogens with zero attached hydrogens (tertiary/aromatic N) is 3. The van der Waals surface area contributed by atoms with Crippen molar-refractivity contribution in [2.24, 2.45) is 5.92 Å². The predicted octanol–water partition coefficient (Wildman–Crippen LogP) is 1.96. The molecule has 2 bridgehead atoms. The number of piperidine rings is 2. The number of aromatic nitrogens is 1. The molecule has 1 aromatic rings. The van der Waals surface area contributed by atoms with E-state index in [9.17, 15) is 5.26 Å². The zero-order valence-corrected chi connectivity index (χ0v) is 9.26. The van der Waals surface area contributed by atoms with Gasteiger partial charge in [0, 0.05) is 25.5 Å². The van der Waals surface area contributed by atoms with E-state index in [1.807, 2.05) is 12.3 Å². The Morgan fingerprint density at radius 1 is 1.56 bits per heavy atom. The summed E-state index contributed by atoms with van der Waals surface area (Å²) < 4.78 is 0. The summed E-state index contributed by atoms with van der Waals surface area (Å²) in [6, 6.07) is 6.57. The van der Waals surface area contributed by atoms with E-state index in [4.69, 9.17) is 0 Å². The van der Waals surface area contributed by atoms with Crippen molar-refractivity contribution in [3.63, 3.8) is 0 Å². The maximum absolute atomic E-state index is 9.33. The number of hydrogen-bond acceptors (Lipinski definition) is 3. The van der Waals surface area contributed by atoms with Crippen LogP contribution in [0.5, 0.6) is 0 Å². The third kappa shape index (κ3) is 1.42. The van der Waals surface area contributed by atoms with Crippen LogP contribution < -0.4 is 0 Å². The largest absolute Gasteiger partial charge is 0.281 e. The van der Waals surface area contributed by atoms with Crippen LogP contribution in [-0.4, -0.2) is 22.0 Å². The zero-order valence-electron chi connectivity index (χ0n) is 9.26. The third-order valence-electron chi connectivity index (χ3n) is 3.97. The lowest BCUT2D eigenvalue weighted by atomic mass is 9.63. The van der Waals surface area contributed by atoms with Crippen molar-refractivity contribution < 1.29 is 0 Å². The molecule has 82 valence electrons. The van der Waals surface area contributed by atoms with Crippen molar-refractivity contribution >= 4 is 0 Å². The van der Waals surface area contributed by atoms with Crippen molar-refractivity contribution in [3.05, 3.63) is 30.1 Å². The lowest BCUT2D eigenvalue weighted by molar-refractivity contribution is -0.0431. The standard InChI is InChI=1S/C13H15N3/c14-10-13-6-11(7-13)3-5-16(13)9-12-2-1-4-15-8-12/h1-2,4,8,11H,3,5-7,9H2. The molecule has 0 radical (unpaired) electrons. The molecule has 1 aromatic heterocycles. The molecule has 3 heteroatoms. The third-order valence-corrected chi connectivity index (χ3v) is 3.97. The van der Waals surface area contributed by atoms with Gasteiger partial charge in [-0.25, -0.2) is 0 Å². The van der Waals surface area contributed by atoms with Crippen molar-refractivity contribution in [1.29, 1.82) is 5.26 Å². The number of hydrogen-bond donors (Lipinski definition) is 0.